The van der Waals surface area contributed by atoms with Gasteiger partial charge in [-0.3, -0.25) is 30.5 Å². The van der Waals surface area contributed by atoms with E-state index >= 15 is 0 Å². The number of hydrogen-bond acceptors (Lipinski definition) is 5. The van der Waals surface area contributed by atoms with E-state index in [4.69, 9.17) is 5.41 Å². The minimum Gasteiger partial charge on any atom is -0.290 e. The molecule has 1 aliphatic heterocycles. The first kappa shape index (κ1) is 9.10. The second kappa shape index (κ2) is 2.81. The van der Waals surface area contributed by atoms with Gasteiger partial charge < -0.3 is 0 Å². The Morgan fingerprint density at radius 2 is 2.15 bits per heavy atom. The zero-order valence-electron chi connectivity index (χ0n) is 6.60. The van der Waals surface area contributed by atoms with Crippen LogP contribution in [-0.4, -0.2) is 40.7 Å². The van der Waals surface area contributed by atoms with Crippen molar-refractivity contribution in [1.82, 2.24) is 10.2 Å². The van der Waals surface area contributed by atoms with E-state index < -0.39 is 28.7 Å². The van der Waals surface area contributed by atoms with Crippen molar-refractivity contribution in [2.75, 3.05) is 7.05 Å². The molecule has 0 aromatic rings. The summed E-state index contributed by atoms with van der Waals surface area (Å²) in [5.41, 5.74) is 0. The number of rotatable bonds is 1. The van der Waals surface area contributed by atoms with E-state index in [9.17, 15) is 19.7 Å². The molecule has 8 nitrogen and oxygen atoms in total. The maximum absolute atomic E-state index is 11.1. The molecular formula is C5H6N4O4. The minimum atomic E-state index is -1.79. The molecule has 1 atom stereocenters. The lowest BCUT2D eigenvalue weighted by Gasteiger charge is -2.23. The smallest absolute Gasteiger partial charge is 0.290 e. The molecule has 1 fully saturated rings. The summed E-state index contributed by atoms with van der Waals surface area (Å²) in [5.74, 6) is -1.70. The van der Waals surface area contributed by atoms with Crippen LogP contribution in [0.25, 0.3) is 0 Å². The van der Waals surface area contributed by atoms with Crippen molar-refractivity contribution in [2.45, 2.75) is 6.04 Å². The molecule has 0 aromatic heterocycles. The molecule has 2 N–H and O–H groups in total. The van der Waals surface area contributed by atoms with E-state index in [1.54, 1.807) is 0 Å². The highest BCUT2D eigenvalue weighted by Gasteiger charge is 2.44. The van der Waals surface area contributed by atoms with Crippen LogP contribution in [0.1, 0.15) is 0 Å². The number of carbonyl (C=O) groups excluding carboxylic acids is 2. The van der Waals surface area contributed by atoms with Crippen molar-refractivity contribution < 1.29 is 14.5 Å². The van der Waals surface area contributed by atoms with Crippen molar-refractivity contribution in [3.8, 4) is 0 Å². The van der Waals surface area contributed by atoms with Crippen LogP contribution in [-0.2, 0) is 4.79 Å². The van der Waals surface area contributed by atoms with Crippen LogP contribution in [0.4, 0.5) is 4.79 Å². The first-order valence-electron chi connectivity index (χ1n) is 3.25. The van der Waals surface area contributed by atoms with E-state index in [1.807, 2.05) is 5.32 Å². The van der Waals surface area contributed by atoms with Gasteiger partial charge in [0.05, 0.1) is 0 Å². The number of urea groups is 1. The highest BCUT2D eigenvalue weighted by Crippen LogP contribution is 2.03. The summed E-state index contributed by atoms with van der Waals surface area (Å²) in [4.78, 5) is 31.8. The lowest BCUT2D eigenvalue weighted by atomic mass is 10.2. The molecule has 0 aliphatic carbocycles. The molecule has 1 saturated heterocycles. The van der Waals surface area contributed by atoms with Crippen LogP contribution >= 0.6 is 0 Å². The number of nitrogens with zero attached hydrogens (tertiary/aromatic N) is 2. The van der Waals surface area contributed by atoms with Gasteiger partial charge in [0, 0.05) is 12.0 Å². The first-order valence-corrected chi connectivity index (χ1v) is 3.25. The van der Waals surface area contributed by atoms with Gasteiger partial charge in [0.2, 0.25) is 0 Å². The van der Waals surface area contributed by atoms with Crippen LogP contribution in [0.15, 0.2) is 0 Å². The quantitative estimate of drug-likeness (QED) is 0.394. The Morgan fingerprint density at radius 3 is 2.62 bits per heavy atom. The Kier molecular flexibility index (Phi) is 1.97. The summed E-state index contributed by atoms with van der Waals surface area (Å²) in [7, 11) is 1.11. The molecule has 0 aromatic carbocycles. The minimum absolute atomic E-state index is 0.575. The number of imide groups is 1. The number of amides is 3. The van der Waals surface area contributed by atoms with Gasteiger partial charge in [0.25, 0.3) is 0 Å². The Morgan fingerprint density at radius 1 is 1.62 bits per heavy atom. The van der Waals surface area contributed by atoms with Gasteiger partial charge in [-0.2, -0.15) is 0 Å². The largest absolute Gasteiger partial charge is 0.346 e. The lowest BCUT2D eigenvalue weighted by Crippen LogP contribution is -2.61. The van der Waals surface area contributed by atoms with Crippen molar-refractivity contribution in [3.05, 3.63) is 10.1 Å². The number of hydrogen-bond donors (Lipinski definition) is 2. The van der Waals surface area contributed by atoms with Gasteiger partial charge in [-0.05, 0) is 0 Å². The SMILES string of the molecule is CN1C(=O)NC(=N)C([N+](=O)[O-])C1=O. The summed E-state index contributed by atoms with van der Waals surface area (Å²) in [5, 5.41) is 19.2. The van der Waals surface area contributed by atoms with Crippen LogP contribution in [0.2, 0.25) is 0 Å². The summed E-state index contributed by atoms with van der Waals surface area (Å²) >= 11 is 0. The molecule has 8 heteroatoms. The molecule has 1 unspecified atom stereocenters. The van der Waals surface area contributed by atoms with Crippen molar-refractivity contribution in [2.24, 2.45) is 0 Å². The highest BCUT2D eigenvalue weighted by atomic mass is 16.6. The predicted molar refractivity (Wildman–Crippen MR) is 39.8 cm³/mol. The molecule has 1 heterocycles. The third kappa shape index (κ3) is 1.33. The molecule has 0 bridgehead atoms. The monoisotopic (exact) mass is 186 g/mol. The summed E-state index contributed by atoms with van der Waals surface area (Å²) in [6.07, 6.45) is 0. The van der Waals surface area contributed by atoms with E-state index in [0.717, 1.165) is 7.05 Å². The summed E-state index contributed by atoms with van der Waals surface area (Å²) in [6, 6.07) is -2.62. The normalized spacial score (nSPS) is 23.0. The highest BCUT2D eigenvalue weighted by molar-refractivity contribution is 6.18. The van der Waals surface area contributed by atoms with Gasteiger partial charge in [-0.1, -0.05) is 0 Å². The lowest BCUT2D eigenvalue weighted by molar-refractivity contribution is -0.491. The number of nitro groups is 1. The molecule has 70 valence electrons. The van der Waals surface area contributed by atoms with Crippen LogP contribution in [0.3, 0.4) is 0 Å². The number of likely N-dealkylation sites (N-methyl/N-ethyl adjacent to an activating group) is 1. The zero-order valence-corrected chi connectivity index (χ0v) is 6.60. The second-order valence-electron chi connectivity index (χ2n) is 2.43. The van der Waals surface area contributed by atoms with Crippen LogP contribution in [0, 0.1) is 15.5 Å². The summed E-state index contributed by atoms with van der Waals surface area (Å²) < 4.78 is 0. The predicted octanol–water partition coefficient (Wildman–Crippen LogP) is -1.21. The fourth-order valence-electron chi connectivity index (χ4n) is 0.870. The van der Waals surface area contributed by atoms with Crippen LogP contribution in [0.5, 0.6) is 0 Å². The molecule has 1 aliphatic rings. The molecular weight excluding hydrogens is 180 g/mol. The van der Waals surface area contributed by atoms with Gasteiger partial charge >= 0.3 is 18.0 Å². The number of carbonyl (C=O) groups is 2. The Labute approximate surface area is 72.2 Å². The average Bonchev–Trinajstić information content (AvgIpc) is 1.99. The number of amidine groups is 1. The molecule has 13 heavy (non-hydrogen) atoms. The first-order chi connectivity index (χ1) is 5.95. The molecule has 0 saturated carbocycles. The summed E-state index contributed by atoms with van der Waals surface area (Å²) in [6.45, 7) is 0. The van der Waals surface area contributed by atoms with Gasteiger partial charge in [0.1, 0.15) is 0 Å². The van der Waals surface area contributed by atoms with Gasteiger partial charge in [-0.15, -0.1) is 0 Å². The Bertz CT molecular complexity index is 312. The van der Waals surface area contributed by atoms with Gasteiger partial charge in [-0.25, -0.2) is 4.79 Å². The van der Waals surface area contributed by atoms with Crippen molar-refractivity contribution in [1.29, 1.82) is 5.41 Å². The van der Waals surface area contributed by atoms with Crippen LogP contribution < -0.4 is 5.32 Å². The maximum Gasteiger partial charge on any atom is 0.346 e. The molecule has 0 radical (unpaired) electrons. The fraction of sp³-hybridized carbons (Fsp3) is 0.400. The molecule has 0 spiro atoms. The maximum atomic E-state index is 11.1. The third-order valence-corrected chi connectivity index (χ3v) is 1.59. The van der Waals surface area contributed by atoms with Gasteiger partial charge in [0.15, 0.2) is 5.84 Å². The Balaban J connectivity index is 2.99. The third-order valence-electron chi connectivity index (χ3n) is 1.59. The van der Waals surface area contributed by atoms with Crippen molar-refractivity contribution >= 4 is 17.8 Å². The van der Waals surface area contributed by atoms with E-state index in [1.165, 1.54) is 0 Å². The Hall–Kier alpha value is -1.99. The van der Waals surface area contributed by atoms with Crippen molar-refractivity contribution in [3.63, 3.8) is 0 Å². The van der Waals surface area contributed by atoms with E-state index in [-0.39, 0.29) is 0 Å². The van der Waals surface area contributed by atoms with E-state index in [0.29, 0.717) is 4.90 Å². The standard InChI is InChI=1S/C5H6N4O4/c1-8-4(10)2(9(12)13)3(6)7-5(8)11/h2H,1H3,(H2,6,7,11). The fourth-order valence-corrected chi connectivity index (χ4v) is 0.870. The zero-order chi connectivity index (χ0) is 10.2. The molecule has 1 rings (SSSR count). The topological polar surface area (TPSA) is 116 Å². The number of nitrogens with one attached hydrogen (secondary N) is 2. The molecule has 3 amide bonds. The average molecular weight is 186 g/mol. The second-order valence-corrected chi connectivity index (χ2v) is 2.43. The van der Waals surface area contributed by atoms with E-state index in [2.05, 4.69) is 0 Å².